The van der Waals surface area contributed by atoms with Crippen molar-refractivity contribution in [3.63, 3.8) is 0 Å². The van der Waals surface area contributed by atoms with Crippen molar-refractivity contribution in [2.24, 2.45) is 5.92 Å². The topological polar surface area (TPSA) is 75.3 Å². The molecule has 1 amide bonds. The summed E-state index contributed by atoms with van der Waals surface area (Å²) in [5.74, 6) is 0.183. The SMILES string of the molecule is Cc1ccc(S(=O)(=O)NC2CC2)cc1C(=O)NC(CC(C)C)c1cccs1. The van der Waals surface area contributed by atoms with Gasteiger partial charge in [0.2, 0.25) is 10.0 Å². The van der Waals surface area contributed by atoms with E-state index in [2.05, 4.69) is 23.9 Å². The number of thiophene rings is 1. The highest BCUT2D eigenvalue weighted by atomic mass is 32.2. The van der Waals surface area contributed by atoms with Gasteiger partial charge in [-0.2, -0.15) is 0 Å². The second kappa shape index (κ2) is 8.12. The smallest absolute Gasteiger partial charge is 0.252 e. The van der Waals surface area contributed by atoms with E-state index in [4.69, 9.17) is 0 Å². The molecular weight excluding hydrogens is 380 g/mol. The molecule has 146 valence electrons. The molecule has 2 aromatic rings. The van der Waals surface area contributed by atoms with E-state index in [0.717, 1.165) is 29.7 Å². The average Bonchev–Trinajstić information content (AvgIpc) is 3.22. The van der Waals surface area contributed by atoms with Crippen LogP contribution in [0.3, 0.4) is 0 Å². The minimum atomic E-state index is -3.59. The number of hydrogen-bond acceptors (Lipinski definition) is 4. The first-order valence-electron chi connectivity index (χ1n) is 9.23. The Morgan fingerprint density at radius 2 is 2.00 bits per heavy atom. The fraction of sp³-hybridized carbons (Fsp3) is 0.450. The van der Waals surface area contributed by atoms with Crippen LogP contribution in [0.5, 0.6) is 0 Å². The summed E-state index contributed by atoms with van der Waals surface area (Å²) < 4.78 is 27.6. The van der Waals surface area contributed by atoms with Gasteiger partial charge in [0.25, 0.3) is 5.91 Å². The summed E-state index contributed by atoms with van der Waals surface area (Å²) in [7, 11) is -3.59. The summed E-state index contributed by atoms with van der Waals surface area (Å²) >= 11 is 1.61. The van der Waals surface area contributed by atoms with Crippen molar-refractivity contribution < 1.29 is 13.2 Å². The Morgan fingerprint density at radius 3 is 2.59 bits per heavy atom. The zero-order valence-corrected chi connectivity index (χ0v) is 17.5. The largest absolute Gasteiger partial charge is 0.344 e. The Kier molecular flexibility index (Phi) is 6.03. The number of carbonyl (C=O) groups excluding carboxylic acids is 1. The van der Waals surface area contributed by atoms with Gasteiger partial charge in [-0.15, -0.1) is 11.3 Å². The molecule has 27 heavy (non-hydrogen) atoms. The molecule has 0 aliphatic heterocycles. The van der Waals surface area contributed by atoms with Crippen LogP contribution in [0, 0.1) is 12.8 Å². The number of rotatable bonds is 8. The first-order chi connectivity index (χ1) is 12.8. The van der Waals surface area contributed by atoms with Crippen LogP contribution in [0.25, 0.3) is 0 Å². The van der Waals surface area contributed by atoms with Crippen LogP contribution in [-0.2, 0) is 10.0 Å². The molecule has 2 N–H and O–H groups in total. The van der Waals surface area contributed by atoms with Gasteiger partial charge < -0.3 is 5.32 Å². The maximum atomic E-state index is 12.9. The molecule has 1 unspecified atom stereocenters. The molecule has 1 aromatic heterocycles. The standard InChI is InChI=1S/C20H26N2O3S2/c1-13(2)11-18(19-5-4-10-26-19)21-20(23)17-12-16(9-6-14(17)3)27(24,25)22-15-7-8-15/h4-6,9-10,12-13,15,18,22H,7-8,11H2,1-3H3,(H,21,23). The summed E-state index contributed by atoms with van der Waals surface area (Å²) in [5.41, 5.74) is 1.16. The molecule has 1 atom stereocenters. The molecule has 1 fully saturated rings. The molecule has 0 radical (unpaired) electrons. The van der Waals surface area contributed by atoms with Crippen LogP contribution in [0.15, 0.2) is 40.6 Å². The van der Waals surface area contributed by atoms with E-state index in [0.29, 0.717) is 11.5 Å². The number of aryl methyl sites for hydroxylation is 1. The first kappa shape index (κ1) is 20.0. The third kappa shape index (κ3) is 5.18. The van der Waals surface area contributed by atoms with Crippen molar-refractivity contribution in [1.82, 2.24) is 10.0 Å². The van der Waals surface area contributed by atoms with Gasteiger partial charge in [0, 0.05) is 16.5 Å². The maximum Gasteiger partial charge on any atom is 0.252 e. The predicted octanol–water partition coefficient (Wildman–Crippen LogP) is 4.01. The molecule has 0 bridgehead atoms. The van der Waals surface area contributed by atoms with Crippen molar-refractivity contribution in [3.05, 3.63) is 51.7 Å². The molecule has 1 aliphatic carbocycles. The van der Waals surface area contributed by atoms with Crippen molar-refractivity contribution >= 4 is 27.3 Å². The number of carbonyl (C=O) groups is 1. The van der Waals surface area contributed by atoms with Gasteiger partial charge in [0.05, 0.1) is 10.9 Å². The van der Waals surface area contributed by atoms with Crippen molar-refractivity contribution in [2.75, 3.05) is 0 Å². The van der Waals surface area contributed by atoms with E-state index in [1.807, 2.05) is 24.4 Å². The quantitative estimate of drug-likeness (QED) is 0.695. The van der Waals surface area contributed by atoms with E-state index in [1.54, 1.807) is 23.5 Å². The molecule has 0 saturated heterocycles. The van der Waals surface area contributed by atoms with Gasteiger partial charge in [-0.1, -0.05) is 26.0 Å². The summed E-state index contributed by atoms with van der Waals surface area (Å²) in [4.78, 5) is 14.2. The molecule has 0 spiro atoms. The van der Waals surface area contributed by atoms with Crippen LogP contribution in [-0.4, -0.2) is 20.4 Å². The summed E-state index contributed by atoms with van der Waals surface area (Å²) in [6.07, 6.45) is 2.57. The monoisotopic (exact) mass is 406 g/mol. The fourth-order valence-electron chi connectivity index (χ4n) is 2.94. The van der Waals surface area contributed by atoms with Crippen LogP contribution in [0.1, 0.15) is 60.0 Å². The van der Waals surface area contributed by atoms with Crippen molar-refractivity contribution in [1.29, 1.82) is 0 Å². The van der Waals surface area contributed by atoms with Crippen LogP contribution in [0.4, 0.5) is 0 Å². The lowest BCUT2D eigenvalue weighted by Crippen LogP contribution is -2.30. The van der Waals surface area contributed by atoms with E-state index in [1.165, 1.54) is 6.07 Å². The second-order valence-electron chi connectivity index (χ2n) is 7.54. The Bertz CT molecular complexity index is 901. The number of hydrogen-bond donors (Lipinski definition) is 2. The zero-order valence-electron chi connectivity index (χ0n) is 15.9. The van der Waals surface area contributed by atoms with Crippen LogP contribution < -0.4 is 10.0 Å². The van der Waals surface area contributed by atoms with Gasteiger partial charge in [-0.05, 0) is 61.2 Å². The molecular formula is C20H26N2O3S2. The molecule has 5 nitrogen and oxygen atoms in total. The van der Waals surface area contributed by atoms with Gasteiger partial charge in [-0.3, -0.25) is 4.79 Å². The lowest BCUT2D eigenvalue weighted by atomic mass is 10.0. The number of amides is 1. The van der Waals surface area contributed by atoms with E-state index in [9.17, 15) is 13.2 Å². The van der Waals surface area contributed by atoms with Crippen molar-refractivity contribution in [3.8, 4) is 0 Å². The highest BCUT2D eigenvalue weighted by molar-refractivity contribution is 7.89. The lowest BCUT2D eigenvalue weighted by molar-refractivity contribution is 0.0932. The Morgan fingerprint density at radius 1 is 1.26 bits per heavy atom. The molecule has 3 rings (SSSR count). The van der Waals surface area contributed by atoms with Gasteiger partial charge in [-0.25, -0.2) is 13.1 Å². The normalized spacial score (nSPS) is 15.7. The third-order valence-electron chi connectivity index (χ3n) is 4.56. The van der Waals surface area contributed by atoms with E-state index < -0.39 is 10.0 Å². The van der Waals surface area contributed by atoms with Crippen LogP contribution in [0.2, 0.25) is 0 Å². The molecule has 7 heteroatoms. The fourth-order valence-corrected chi connectivity index (χ4v) is 5.07. The highest BCUT2D eigenvalue weighted by Gasteiger charge is 2.29. The maximum absolute atomic E-state index is 12.9. The van der Waals surface area contributed by atoms with Gasteiger partial charge in [0.1, 0.15) is 0 Å². The van der Waals surface area contributed by atoms with E-state index in [-0.39, 0.29) is 22.9 Å². The third-order valence-corrected chi connectivity index (χ3v) is 7.07. The Labute approximate surface area is 165 Å². The second-order valence-corrected chi connectivity index (χ2v) is 10.2. The summed E-state index contributed by atoms with van der Waals surface area (Å²) in [5, 5.41) is 5.09. The first-order valence-corrected chi connectivity index (χ1v) is 11.6. The van der Waals surface area contributed by atoms with Crippen molar-refractivity contribution in [2.45, 2.75) is 57.0 Å². The molecule has 1 heterocycles. The zero-order chi connectivity index (χ0) is 19.6. The van der Waals surface area contributed by atoms with Gasteiger partial charge in [0.15, 0.2) is 0 Å². The van der Waals surface area contributed by atoms with Gasteiger partial charge >= 0.3 is 0 Å². The molecule has 1 aliphatic rings. The van der Waals surface area contributed by atoms with E-state index >= 15 is 0 Å². The molecule has 1 aromatic carbocycles. The minimum Gasteiger partial charge on any atom is -0.344 e. The predicted molar refractivity (Wildman–Crippen MR) is 109 cm³/mol. The Hall–Kier alpha value is -1.70. The minimum absolute atomic E-state index is 0.0304. The Balaban J connectivity index is 1.83. The lowest BCUT2D eigenvalue weighted by Gasteiger charge is -2.20. The number of benzene rings is 1. The molecule has 1 saturated carbocycles. The van der Waals surface area contributed by atoms with Crippen LogP contribution >= 0.6 is 11.3 Å². The number of nitrogens with one attached hydrogen (secondary N) is 2. The average molecular weight is 407 g/mol. The highest BCUT2D eigenvalue weighted by Crippen LogP contribution is 2.27. The number of sulfonamides is 1. The summed E-state index contributed by atoms with van der Waals surface area (Å²) in [6, 6.07) is 8.67. The summed E-state index contributed by atoms with van der Waals surface area (Å²) in [6.45, 7) is 6.06.